The molecule has 2 heterocycles. The van der Waals surface area contributed by atoms with Crippen LogP contribution in [-0.2, 0) is 4.79 Å². The van der Waals surface area contributed by atoms with Gasteiger partial charge >= 0.3 is 0 Å². The molecule has 1 saturated heterocycles. The van der Waals surface area contributed by atoms with Gasteiger partial charge in [0, 0.05) is 11.8 Å². The molecule has 0 saturated carbocycles. The molecule has 23 heavy (non-hydrogen) atoms. The zero-order chi connectivity index (χ0) is 16.2. The molecular weight excluding hydrogens is 314 g/mol. The van der Waals surface area contributed by atoms with Crippen molar-refractivity contribution in [2.24, 2.45) is 0 Å². The summed E-state index contributed by atoms with van der Waals surface area (Å²) in [6, 6.07) is 5.63. The predicted molar refractivity (Wildman–Crippen MR) is 87.9 cm³/mol. The number of methoxy groups -OCH3 is 1. The number of aryl methyl sites for hydroxylation is 1. The second-order valence-electron chi connectivity index (χ2n) is 5.15. The molecule has 1 unspecified atom stereocenters. The van der Waals surface area contributed by atoms with E-state index in [0.29, 0.717) is 11.7 Å². The van der Waals surface area contributed by atoms with Gasteiger partial charge in [0.05, 0.1) is 13.0 Å². The summed E-state index contributed by atoms with van der Waals surface area (Å²) in [6.07, 6.45) is 3.42. The van der Waals surface area contributed by atoms with Gasteiger partial charge < -0.3 is 9.64 Å². The molecule has 8 heteroatoms. The molecule has 1 aromatic carbocycles. The van der Waals surface area contributed by atoms with Gasteiger partial charge in [-0.05, 0) is 36.3 Å². The quantitative estimate of drug-likeness (QED) is 0.860. The molecule has 120 valence electrons. The molecule has 1 fully saturated rings. The van der Waals surface area contributed by atoms with E-state index in [1.165, 1.54) is 0 Å². The van der Waals surface area contributed by atoms with Gasteiger partial charge in [-0.25, -0.2) is 0 Å². The molecule has 2 aromatic rings. The van der Waals surface area contributed by atoms with E-state index >= 15 is 0 Å². The molecular formula is C15H17N5O2S. The first kappa shape index (κ1) is 15.5. The van der Waals surface area contributed by atoms with E-state index < -0.39 is 0 Å². The summed E-state index contributed by atoms with van der Waals surface area (Å²) in [5, 5.41) is 14.0. The lowest BCUT2D eigenvalue weighted by Gasteiger charge is -2.19. The van der Waals surface area contributed by atoms with E-state index in [9.17, 15) is 4.79 Å². The highest BCUT2D eigenvalue weighted by Crippen LogP contribution is 2.31. The molecule has 3 rings (SSSR count). The Kier molecular flexibility index (Phi) is 4.61. The lowest BCUT2D eigenvalue weighted by molar-refractivity contribution is -0.126. The highest BCUT2D eigenvalue weighted by Gasteiger charge is 2.32. The molecule has 0 aliphatic carbocycles. The van der Waals surface area contributed by atoms with Crippen molar-refractivity contribution < 1.29 is 9.53 Å². The molecule has 1 aromatic heterocycles. The Bertz CT molecular complexity index is 717. The summed E-state index contributed by atoms with van der Waals surface area (Å²) in [7, 11) is 1.64. The van der Waals surface area contributed by atoms with E-state index in [0.717, 1.165) is 22.6 Å². The van der Waals surface area contributed by atoms with Crippen LogP contribution < -0.4 is 4.74 Å². The number of carbonyl (C=O) groups is 1. The Balaban J connectivity index is 1.73. The third-order valence-electron chi connectivity index (χ3n) is 3.71. The monoisotopic (exact) mass is 331 g/mol. The molecule has 1 atom stereocenters. The van der Waals surface area contributed by atoms with Gasteiger partial charge in [-0.1, -0.05) is 11.3 Å². The number of benzene rings is 1. The Labute approximate surface area is 138 Å². The summed E-state index contributed by atoms with van der Waals surface area (Å²) in [5.74, 6) is 2.71. The van der Waals surface area contributed by atoms with E-state index in [1.54, 1.807) is 29.8 Å². The molecule has 7 nitrogen and oxygen atoms in total. The first-order valence-electron chi connectivity index (χ1n) is 7.13. The number of ether oxygens (including phenoxy) is 1. The fraction of sp³-hybridized carbons (Fsp3) is 0.333. The van der Waals surface area contributed by atoms with Crippen molar-refractivity contribution in [2.45, 2.75) is 13.0 Å². The van der Waals surface area contributed by atoms with Crippen molar-refractivity contribution in [2.75, 3.05) is 18.7 Å². The van der Waals surface area contributed by atoms with Gasteiger partial charge in [0.15, 0.2) is 5.82 Å². The number of hydrogen-bond acceptors (Lipinski definition) is 6. The number of nitrogens with zero attached hydrogens (tertiary/aromatic N) is 4. The van der Waals surface area contributed by atoms with E-state index in [2.05, 4.69) is 20.6 Å². The van der Waals surface area contributed by atoms with Crippen LogP contribution in [-0.4, -0.2) is 50.2 Å². The Morgan fingerprint density at radius 1 is 1.52 bits per heavy atom. The zero-order valence-electron chi connectivity index (χ0n) is 12.9. The fourth-order valence-electron chi connectivity index (χ4n) is 2.40. The van der Waals surface area contributed by atoms with Gasteiger partial charge in [0.2, 0.25) is 5.91 Å². The lowest BCUT2D eigenvalue weighted by Crippen LogP contribution is -2.30. The minimum absolute atomic E-state index is 0.0555. The van der Waals surface area contributed by atoms with E-state index in [1.807, 2.05) is 31.2 Å². The molecule has 0 bridgehead atoms. The Hall–Kier alpha value is -2.35. The van der Waals surface area contributed by atoms with Crippen molar-refractivity contribution in [3.05, 3.63) is 41.2 Å². The number of aromatic nitrogens is 4. The fourth-order valence-corrected chi connectivity index (χ4v) is 3.56. The van der Waals surface area contributed by atoms with Crippen molar-refractivity contribution in [3.63, 3.8) is 0 Å². The maximum absolute atomic E-state index is 12.5. The molecule has 1 amide bonds. The van der Waals surface area contributed by atoms with Crippen molar-refractivity contribution >= 4 is 23.7 Å². The van der Waals surface area contributed by atoms with Crippen LogP contribution in [0.15, 0.2) is 24.3 Å². The first-order chi connectivity index (χ1) is 11.2. The molecule has 0 spiro atoms. The second kappa shape index (κ2) is 6.82. The van der Waals surface area contributed by atoms with Gasteiger partial charge in [0.1, 0.15) is 11.8 Å². The number of tetrazole rings is 1. The van der Waals surface area contributed by atoms with Crippen LogP contribution in [0, 0.1) is 6.92 Å². The van der Waals surface area contributed by atoms with Crippen LogP contribution >= 0.6 is 11.8 Å². The number of amides is 1. The Morgan fingerprint density at radius 3 is 3.09 bits per heavy atom. The van der Waals surface area contributed by atoms with Gasteiger partial charge in [0.25, 0.3) is 0 Å². The highest BCUT2D eigenvalue weighted by atomic mass is 32.2. The molecule has 1 aliphatic rings. The number of carbonyl (C=O) groups excluding carboxylic acids is 1. The summed E-state index contributed by atoms with van der Waals surface area (Å²) in [6.45, 7) is 1.99. The third-order valence-corrected chi connectivity index (χ3v) is 4.72. The summed E-state index contributed by atoms with van der Waals surface area (Å²) in [4.78, 5) is 14.2. The van der Waals surface area contributed by atoms with Crippen LogP contribution in [0.2, 0.25) is 0 Å². The second-order valence-corrected chi connectivity index (χ2v) is 6.15. The highest BCUT2D eigenvalue weighted by molar-refractivity contribution is 7.99. The van der Waals surface area contributed by atoms with Crippen LogP contribution in [0.5, 0.6) is 5.75 Å². The van der Waals surface area contributed by atoms with E-state index in [-0.39, 0.29) is 11.9 Å². The van der Waals surface area contributed by atoms with Gasteiger partial charge in [-0.2, -0.15) is 5.21 Å². The number of thioether (sulfide) groups is 1. The zero-order valence-corrected chi connectivity index (χ0v) is 13.7. The first-order valence-corrected chi connectivity index (χ1v) is 8.29. The summed E-state index contributed by atoms with van der Waals surface area (Å²) >= 11 is 1.68. The Morgan fingerprint density at radius 2 is 2.39 bits per heavy atom. The largest absolute Gasteiger partial charge is 0.497 e. The maximum atomic E-state index is 12.5. The third kappa shape index (κ3) is 3.37. The average Bonchev–Trinajstić information content (AvgIpc) is 3.23. The topological polar surface area (TPSA) is 84.0 Å². The average molecular weight is 331 g/mol. The van der Waals surface area contributed by atoms with Crippen LogP contribution in [0.4, 0.5) is 0 Å². The molecule has 1 N–H and O–H groups in total. The maximum Gasteiger partial charge on any atom is 0.247 e. The smallest absolute Gasteiger partial charge is 0.247 e. The summed E-state index contributed by atoms with van der Waals surface area (Å²) < 4.78 is 5.19. The minimum Gasteiger partial charge on any atom is -0.497 e. The SMILES string of the molecule is COc1ccc(/C=C/C(=O)N2CSCC2c2nn[nH]n2)c(C)c1. The van der Waals surface area contributed by atoms with Gasteiger partial charge in [-0.3, -0.25) is 4.79 Å². The number of nitrogens with one attached hydrogen (secondary N) is 1. The number of hydrogen-bond donors (Lipinski definition) is 1. The molecule has 0 radical (unpaired) electrons. The van der Waals surface area contributed by atoms with Gasteiger partial charge in [-0.15, -0.1) is 22.0 Å². The van der Waals surface area contributed by atoms with Crippen LogP contribution in [0.1, 0.15) is 23.0 Å². The van der Waals surface area contributed by atoms with Crippen LogP contribution in [0.3, 0.4) is 0 Å². The standard InChI is InChI=1S/C15H17N5O2S/c1-10-7-12(22-2)5-3-11(10)4-6-14(21)20-9-23-8-13(20)15-16-18-19-17-15/h3-7,13H,8-9H2,1-2H3,(H,16,17,18,19)/b6-4+. The van der Waals surface area contributed by atoms with Crippen molar-refractivity contribution in [1.82, 2.24) is 25.5 Å². The number of rotatable bonds is 4. The molecule has 1 aliphatic heterocycles. The van der Waals surface area contributed by atoms with Crippen molar-refractivity contribution in [1.29, 1.82) is 0 Å². The van der Waals surface area contributed by atoms with Crippen molar-refractivity contribution in [3.8, 4) is 5.75 Å². The van der Waals surface area contributed by atoms with Crippen LogP contribution in [0.25, 0.3) is 6.08 Å². The number of aromatic amines is 1. The minimum atomic E-state index is -0.132. The lowest BCUT2D eigenvalue weighted by atomic mass is 10.1. The van der Waals surface area contributed by atoms with E-state index in [4.69, 9.17) is 4.74 Å². The number of H-pyrrole nitrogens is 1. The predicted octanol–water partition coefficient (Wildman–Crippen LogP) is 1.80. The summed E-state index contributed by atoms with van der Waals surface area (Å²) in [5.41, 5.74) is 2.04. The normalized spacial score (nSPS) is 17.8.